The number of fused-ring (bicyclic) bond motifs is 1. The van der Waals surface area contributed by atoms with E-state index in [0.717, 1.165) is 36.3 Å². The van der Waals surface area contributed by atoms with Crippen LogP contribution in [0.25, 0.3) is 0 Å². The van der Waals surface area contributed by atoms with Crippen molar-refractivity contribution in [3.8, 4) is 5.75 Å². The molecule has 1 aliphatic rings. The summed E-state index contributed by atoms with van der Waals surface area (Å²) in [7, 11) is 0. The van der Waals surface area contributed by atoms with E-state index in [2.05, 4.69) is 18.2 Å². The van der Waals surface area contributed by atoms with Gasteiger partial charge in [0.15, 0.2) is 5.78 Å². The molecule has 1 heterocycles. The molecule has 0 saturated heterocycles. The van der Waals surface area contributed by atoms with Gasteiger partial charge in [0.2, 0.25) is 6.21 Å². The third-order valence-corrected chi connectivity index (χ3v) is 6.37. The number of rotatable bonds is 10. The molecular weight excluding hydrogens is 499 g/mol. The summed E-state index contributed by atoms with van der Waals surface area (Å²) in [5.41, 5.74) is 1.65. The van der Waals surface area contributed by atoms with Gasteiger partial charge in [-0.15, -0.1) is 0 Å². The maximum Gasteiger partial charge on any atom is 0.412 e. The van der Waals surface area contributed by atoms with Crippen LogP contribution >= 0.6 is 36.1 Å². The number of hydrogen-bond acceptors (Lipinski definition) is 6. The molecule has 10 heteroatoms. The summed E-state index contributed by atoms with van der Waals surface area (Å²) in [4.78, 5) is 23.7. The number of cyclic esters (lactones) is 1. The number of unbranched alkanes of at least 4 members (excludes halogenated alkanes) is 3. The Bertz CT molecular complexity index is 1120. The van der Waals surface area contributed by atoms with Crippen LogP contribution in [0, 0.1) is 0 Å². The van der Waals surface area contributed by atoms with Crippen LogP contribution in [0.15, 0.2) is 30.3 Å². The first-order chi connectivity index (χ1) is 16.1. The van der Waals surface area contributed by atoms with Gasteiger partial charge in [0.25, 0.3) is 5.69 Å². The number of benzene rings is 2. The predicted molar refractivity (Wildman–Crippen MR) is 136 cm³/mol. The summed E-state index contributed by atoms with van der Waals surface area (Å²) in [5, 5.41) is 3.19. The number of amides is 1. The van der Waals surface area contributed by atoms with E-state index in [9.17, 15) is 9.59 Å². The molecule has 7 nitrogen and oxygen atoms in total. The minimum absolute atomic E-state index is 0.187. The maximum atomic E-state index is 12.1. The first-order valence-electron chi connectivity index (χ1n) is 10.8. The Labute approximate surface area is 214 Å². The van der Waals surface area contributed by atoms with E-state index in [4.69, 9.17) is 37.0 Å². The average Bonchev–Trinajstić information content (AvgIpc) is 2.77. The summed E-state index contributed by atoms with van der Waals surface area (Å²) in [5.74, 6) is 0.507. The zero-order chi connectivity index (χ0) is 24.9. The molecule has 0 aliphatic carbocycles. The second-order valence-corrected chi connectivity index (χ2v) is 9.28. The van der Waals surface area contributed by atoms with Crippen LogP contribution in [0.1, 0.15) is 62.4 Å². The van der Waals surface area contributed by atoms with Gasteiger partial charge in [-0.05, 0) is 64.3 Å². The molecule has 34 heavy (non-hydrogen) atoms. The van der Waals surface area contributed by atoms with Gasteiger partial charge in [-0.25, -0.2) is 4.79 Å². The second-order valence-electron chi connectivity index (χ2n) is 8.33. The Morgan fingerprint density at radius 1 is 1.21 bits per heavy atom. The second kappa shape index (κ2) is 11.3. The molecule has 0 unspecified atom stereocenters. The molecule has 0 radical (unpaired) electrons. The molecule has 1 aliphatic heterocycles. The largest absolute Gasteiger partial charge is 0.494 e. The molecule has 0 atom stereocenters. The molecule has 3 rings (SSSR count). The number of halogens is 2. The van der Waals surface area contributed by atoms with E-state index in [1.807, 2.05) is 32.0 Å². The van der Waals surface area contributed by atoms with Crippen LogP contribution in [0.2, 0.25) is 10.0 Å². The smallest absolute Gasteiger partial charge is 0.412 e. The third-order valence-electron chi connectivity index (χ3n) is 5.39. The number of carbonyl (C=O) groups is 2. The Morgan fingerprint density at radius 3 is 2.68 bits per heavy atom. The highest BCUT2D eigenvalue weighted by Gasteiger charge is 2.33. The van der Waals surface area contributed by atoms with Crippen LogP contribution in [0.4, 0.5) is 16.2 Å². The molecule has 0 bridgehead atoms. The zero-order valence-corrected chi connectivity index (χ0v) is 21.6. The fraction of sp³-hybridized carbons (Fsp3) is 0.375. The Morgan fingerprint density at radius 2 is 1.97 bits per heavy atom. The summed E-state index contributed by atoms with van der Waals surface area (Å²) < 4.78 is 17.8. The fourth-order valence-electron chi connectivity index (χ4n) is 3.70. The first kappa shape index (κ1) is 26.2. The standard InChI is InChI=1S/C24H26Cl2N2O5S/c1-15(29)21-20(11-9-18(25)22(21)26)28(33-34)12-6-4-5-7-13-31-16-8-10-19-17(14-16)24(2,3)32-23(30)27-19/h8-12,14H,4-7,13H2,1-3H3,(H-,27,30,34)/p+1. The van der Waals surface area contributed by atoms with Crippen molar-refractivity contribution >= 4 is 65.6 Å². The van der Waals surface area contributed by atoms with Crippen molar-refractivity contribution in [2.24, 2.45) is 0 Å². The van der Waals surface area contributed by atoms with E-state index in [0.29, 0.717) is 23.7 Å². The van der Waals surface area contributed by atoms with Gasteiger partial charge in [-0.1, -0.05) is 23.2 Å². The van der Waals surface area contributed by atoms with Gasteiger partial charge in [0, 0.05) is 22.8 Å². The molecule has 0 fully saturated rings. The molecule has 0 spiro atoms. The normalized spacial score (nSPS) is 14.6. The molecule has 0 aromatic heterocycles. The van der Waals surface area contributed by atoms with Crippen molar-refractivity contribution in [3.05, 3.63) is 51.5 Å². The Balaban J connectivity index is 1.51. The minimum Gasteiger partial charge on any atom is -0.494 e. The van der Waals surface area contributed by atoms with Crippen molar-refractivity contribution in [1.82, 2.24) is 0 Å². The highest BCUT2D eigenvalue weighted by molar-refractivity contribution is 7.74. The zero-order valence-electron chi connectivity index (χ0n) is 19.2. The molecule has 2 aromatic carbocycles. The van der Waals surface area contributed by atoms with E-state index >= 15 is 0 Å². The number of nitrogens with one attached hydrogen (secondary N) is 1. The monoisotopic (exact) mass is 525 g/mol. The number of anilines is 1. The van der Waals surface area contributed by atoms with Crippen molar-refractivity contribution < 1.29 is 28.1 Å². The quantitative estimate of drug-likeness (QED) is 0.0656. The van der Waals surface area contributed by atoms with Crippen LogP contribution in [0.3, 0.4) is 0 Å². The summed E-state index contributed by atoms with van der Waals surface area (Å²) >= 11 is 16.2. The topological polar surface area (TPSA) is 76.9 Å². The van der Waals surface area contributed by atoms with Crippen LogP contribution < -0.4 is 10.1 Å². The van der Waals surface area contributed by atoms with Crippen molar-refractivity contribution in [3.63, 3.8) is 0 Å². The molecule has 2 aromatic rings. The number of thiol groups is 1. The molecular formula is C24H27Cl2N2O5S+. The van der Waals surface area contributed by atoms with E-state index < -0.39 is 11.7 Å². The van der Waals surface area contributed by atoms with Crippen LogP contribution in [-0.4, -0.2) is 29.4 Å². The Hall–Kier alpha value is -2.42. The van der Waals surface area contributed by atoms with Gasteiger partial charge in [-0.2, -0.15) is 4.28 Å². The van der Waals surface area contributed by atoms with Gasteiger partial charge in [0.05, 0.1) is 22.3 Å². The van der Waals surface area contributed by atoms with Crippen LogP contribution in [0.5, 0.6) is 5.75 Å². The van der Waals surface area contributed by atoms with Crippen molar-refractivity contribution in [1.29, 1.82) is 0 Å². The average molecular weight is 526 g/mol. The summed E-state index contributed by atoms with van der Waals surface area (Å²) in [6, 6.07) is 8.83. The lowest BCUT2D eigenvalue weighted by molar-refractivity contribution is -0.672. The number of Topliss-reactive ketones (excluding diaryl/α,β-unsaturated/α-hetero) is 1. The van der Waals surface area contributed by atoms with Gasteiger partial charge < -0.3 is 9.47 Å². The van der Waals surface area contributed by atoms with Gasteiger partial charge in [-0.3, -0.25) is 10.1 Å². The number of ketones is 1. The lowest BCUT2D eigenvalue weighted by atomic mass is 9.94. The lowest BCUT2D eigenvalue weighted by Crippen LogP contribution is -2.34. The lowest BCUT2D eigenvalue weighted by Gasteiger charge is -2.32. The first-order valence-corrected chi connectivity index (χ1v) is 12.0. The summed E-state index contributed by atoms with van der Waals surface area (Å²) in [6.07, 6.45) is 4.70. The minimum atomic E-state index is -0.718. The Kier molecular flexibility index (Phi) is 8.73. The fourth-order valence-corrected chi connectivity index (χ4v) is 4.30. The molecule has 0 saturated carbocycles. The molecule has 182 valence electrons. The highest BCUT2D eigenvalue weighted by Crippen LogP contribution is 2.37. The van der Waals surface area contributed by atoms with Crippen molar-refractivity contribution in [2.75, 3.05) is 11.9 Å². The van der Waals surface area contributed by atoms with E-state index in [1.54, 1.807) is 18.3 Å². The third kappa shape index (κ3) is 6.17. The SMILES string of the molecule is CC(=O)c1c([N+](=CCCCCCOc2ccc3c(c2)C(C)(C)OC(=O)N3)OS)ccc(Cl)c1Cl. The van der Waals surface area contributed by atoms with E-state index in [1.165, 1.54) is 11.7 Å². The van der Waals surface area contributed by atoms with E-state index in [-0.39, 0.29) is 16.4 Å². The predicted octanol–water partition coefficient (Wildman–Crippen LogP) is 7.12. The summed E-state index contributed by atoms with van der Waals surface area (Å²) in [6.45, 7) is 5.67. The number of carbonyl (C=O) groups excluding carboxylic acids is 2. The van der Waals surface area contributed by atoms with Gasteiger partial charge >= 0.3 is 6.09 Å². The number of nitrogens with zero attached hydrogens (tertiary/aromatic N) is 1. The highest BCUT2D eigenvalue weighted by atomic mass is 35.5. The van der Waals surface area contributed by atoms with Crippen LogP contribution in [-0.2, 0) is 14.6 Å². The van der Waals surface area contributed by atoms with Crippen molar-refractivity contribution in [2.45, 2.75) is 52.1 Å². The number of ether oxygens (including phenoxy) is 2. The number of hydrogen-bond donors (Lipinski definition) is 2. The maximum absolute atomic E-state index is 12.1. The molecule has 1 amide bonds. The van der Waals surface area contributed by atoms with Gasteiger partial charge in [0.1, 0.15) is 29.8 Å². The molecule has 1 N–H and O–H groups in total.